The molecule has 1 saturated heterocycles. The van der Waals surface area contributed by atoms with Crippen LogP contribution in [0.1, 0.15) is 56.0 Å². The Morgan fingerprint density at radius 2 is 2.06 bits per heavy atom. The second-order valence-electron chi connectivity index (χ2n) is 10.1. The van der Waals surface area contributed by atoms with E-state index < -0.39 is 21.5 Å². The average molecular weight is 464 g/mol. The lowest BCUT2D eigenvalue weighted by Crippen LogP contribution is -2.52. The molecular weight excluding hydrogens is 430 g/mol. The minimum Gasteiger partial charge on any atom is -0.491 e. The monoisotopic (exact) mass is 463 g/mol. The van der Waals surface area contributed by atoms with E-state index in [1.807, 2.05) is 6.92 Å². The van der Waals surface area contributed by atoms with E-state index in [4.69, 9.17) is 9.47 Å². The SMILES string of the molecule is CC(=O)c1ccc(OCC2CN(S(=O)(=O)CC34CCC(CC3=O)C4(C)C)CCO2)cc1C. The Morgan fingerprint density at radius 1 is 1.31 bits per heavy atom. The van der Waals surface area contributed by atoms with Crippen LogP contribution in [0, 0.1) is 23.7 Å². The van der Waals surface area contributed by atoms with Gasteiger partial charge in [0.05, 0.1) is 12.4 Å². The molecule has 1 aliphatic heterocycles. The minimum atomic E-state index is -3.61. The highest BCUT2D eigenvalue weighted by Crippen LogP contribution is 2.64. The standard InChI is InChI=1S/C24H33NO6S/c1-16-11-19(5-6-21(16)17(2)26)31-14-20-13-25(9-10-30-20)32(28,29)15-24-8-7-18(12-22(24)27)23(24,3)4/h5-6,11,18,20H,7-10,12-15H2,1-4H3. The van der Waals surface area contributed by atoms with Crippen molar-refractivity contribution in [3.63, 3.8) is 0 Å². The van der Waals surface area contributed by atoms with E-state index in [1.165, 1.54) is 11.2 Å². The van der Waals surface area contributed by atoms with Crippen molar-refractivity contribution in [2.24, 2.45) is 16.7 Å². The van der Waals surface area contributed by atoms with Crippen molar-refractivity contribution >= 4 is 21.6 Å². The Morgan fingerprint density at radius 3 is 2.66 bits per heavy atom. The number of ether oxygens (including phenoxy) is 2. The number of benzene rings is 1. The summed E-state index contributed by atoms with van der Waals surface area (Å²) in [7, 11) is -3.61. The molecular formula is C24H33NO6S. The fourth-order valence-corrected chi connectivity index (χ4v) is 8.10. The normalized spacial score (nSPS) is 29.9. The molecule has 3 fully saturated rings. The Labute approximate surface area is 190 Å². The van der Waals surface area contributed by atoms with Gasteiger partial charge in [-0.05, 0) is 61.8 Å². The van der Waals surface area contributed by atoms with E-state index in [9.17, 15) is 18.0 Å². The van der Waals surface area contributed by atoms with Crippen molar-refractivity contribution in [3.8, 4) is 5.75 Å². The van der Waals surface area contributed by atoms with Crippen LogP contribution in [0.4, 0.5) is 0 Å². The average Bonchev–Trinajstić information content (AvgIpc) is 3.06. The molecule has 3 atom stereocenters. The van der Waals surface area contributed by atoms with Crippen LogP contribution in [0.25, 0.3) is 0 Å². The number of sulfonamides is 1. The summed E-state index contributed by atoms with van der Waals surface area (Å²) in [6.45, 7) is 8.50. The summed E-state index contributed by atoms with van der Waals surface area (Å²) in [4.78, 5) is 24.4. The van der Waals surface area contributed by atoms with Gasteiger partial charge < -0.3 is 9.47 Å². The number of hydrogen-bond donors (Lipinski definition) is 0. The van der Waals surface area contributed by atoms with Crippen LogP contribution < -0.4 is 4.74 Å². The van der Waals surface area contributed by atoms with Crippen LogP contribution in [-0.2, 0) is 19.6 Å². The Kier molecular flexibility index (Phi) is 6.01. The summed E-state index contributed by atoms with van der Waals surface area (Å²) in [5, 5.41) is 0. The number of ketones is 2. The van der Waals surface area contributed by atoms with Crippen molar-refractivity contribution in [2.75, 3.05) is 32.1 Å². The number of carbonyl (C=O) groups is 2. The van der Waals surface area contributed by atoms with Crippen molar-refractivity contribution in [1.29, 1.82) is 0 Å². The van der Waals surface area contributed by atoms with Gasteiger partial charge in [-0.25, -0.2) is 8.42 Å². The summed E-state index contributed by atoms with van der Waals surface area (Å²) in [5.41, 5.74) is 0.440. The third-order valence-corrected chi connectivity index (χ3v) is 10.1. The Hall–Kier alpha value is -1.77. The minimum absolute atomic E-state index is 0.00230. The van der Waals surface area contributed by atoms with Crippen LogP contribution in [0.5, 0.6) is 5.75 Å². The van der Waals surface area contributed by atoms with Gasteiger partial charge in [-0.15, -0.1) is 0 Å². The molecule has 2 bridgehead atoms. The highest BCUT2D eigenvalue weighted by atomic mass is 32.2. The molecule has 1 aromatic carbocycles. The molecule has 176 valence electrons. The molecule has 8 heteroatoms. The summed E-state index contributed by atoms with van der Waals surface area (Å²) in [6, 6.07) is 5.28. The molecule has 0 radical (unpaired) electrons. The van der Waals surface area contributed by atoms with Crippen LogP contribution in [0.3, 0.4) is 0 Å². The topological polar surface area (TPSA) is 90.0 Å². The van der Waals surface area contributed by atoms with E-state index >= 15 is 0 Å². The maximum Gasteiger partial charge on any atom is 0.215 e. The lowest BCUT2D eigenvalue weighted by molar-refractivity contribution is -0.128. The van der Waals surface area contributed by atoms with E-state index in [-0.39, 0.29) is 41.8 Å². The maximum absolute atomic E-state index is 13.4. The summed E-state index contributed by atoms with van der Waals surface area (Å²) in [6.07, 6.45) is 1.70. The third-order valence-electron chi connectivity index (χ3n) is 8.08. The smallest absolute Gasteiger partial charge is 0.215 e. The van der Waals surface area contributed by atoms with Crippen LogP contribution >= 0.6 is 0 Å². The van der Waals surface area contributed by atoms with Gasteiger partial charge in [-0.1, -0.05) is 13.8 Å². The van der Waals surface area contributed by atoms with Gasteiger partial charge in [-0.2, -0.15) is 4.31 Å². The molecule has 3 aliphatic rings. The summed E-state index contributed by atoms with van der Waals surface area (Å²) < 4.78 is 39.8. The third kappa shape index (κ3) is 3.90. The molecule has 0 aromatic heterocycles. The summed E-state index contributed by atoms with van der Waals surface area (Å²) >= 11 is 0. The molecule has 0 amide bonds. The first-order valence-electron chi connectivity index (χ1n) is 11.3. The van der Waals surface area contributed by atoms with E-state index in [2.05, 4.69) is 13.8 Å². The van der Waals surface area contributed by atoms with Gasteiger partial charge in [0.15, 0.2) is 5.78 Å². The Bertz CT molecular complexity index is 1030. The highest BCUT2D eigenvalue weighted by molar-refractivity contribution is 7.89. The lowest BCUT2D eigenvalue weighted by Gasteiger charge is -2.39. The molecule has 1 heterocycles. The zero-order chi connectivity index (χ0) is 23.3. The molecule has 0 spiro atoms. The lowest BCUT2D eigenvalue weighted by atomic mass is 9.70. The molecule has 3 unspecified atom stereocenters. The molecule has 4 rings (SSSR count). The van der Waals surface area contributed by atoms with Crippen LogP contribution in [0.15, 0.2) is 18.2 Å². The number of hydrogen-bond acceptors (Lipinski definition) is 6. The van der Waals surface area contributed by atoms with Gasteiger partial charge in [-0.3, -0.25) is 9.59 Å². The van der Waals surface area contributed by atoms with Crippen LogP contribution in [-0.4, -0.2) is 62.4 Å². The maximum atomic E-state index is 13.4. The molecule has 1 aromatic rings. The van der Waals surface area contributed by atoms with Gasteiger partial charge in [0, 0.05) is 30.5 Å². The molecule has 2 saturated carbocycles. The van der Waals surface area contributed by atoms with Crippen LogP contribution in [0.2, 0.25) is 0 Å². The predicted octanol–water partition coefficient (Wildman–Crippen LogP) is 3.00. The highest BCUT2D eigenvalue weighted by Gasteiger charge is 2.65. The number of rotatable bonds is 7. The van der Waals surface area contributed by atoms with Crippen molar-refractivity contribution in [1.82, 2.24) is 4.31 Å². The molecule has 2 aliphatic carbocycles. The predicted molar refractivity (Wildman–Crippen MR) is 120 cm³/mol. The fourth-order valence-electron chi connectivity index (χ4n) is 5.87. The molecule has 0 N–H and O–H groups in total. The quantitative estimate of drug-likeness (QED) is 0.578. The van der Waals surface area contributed by atoms with Crippen molar-refractivity contribution in [2.45, 2.75) is 53.1 Å². The van der Waals surface area contributed by atoms with E-state index in [0.717, 1.165) is 12.0 Å². The number of nitrogens with zero attached hydrogens (tertiary/aromatic N) is 1. The first-order chi connectivity index (χ1) is 15.0. The van der Waals surface area contributed by atoms with Gasteiger partial charge in [0.1, 0.15) is 24.2 Å². The van der Waals surface area contributed by atoms with E-state index in [0.29, 0.717) is 37.3 Å². The fraction of sp³-hybridized carbons (Fsp3) is 0.667. The second-order valence-corrected chi connectivity index (χ2v) is 12.1. The zero-order valence-corrected chi connectivity index (χ0v) is 20.2. The van der Waals surface area contributed by atoms with Gasteiger partial charge in [0.2, 0.25) is 10.0 Å². The Balaban J connectivity index is 1.41. The molecule has 7 nitrogen and oxygen atoms in total. The van der Waals surface area contributed by atoms with Gasteiger partial charge >= 0.3 is 0 Å². The number of Topliss-reactive ketones (excluding diaryl/α,β-unsaturated/α-hetero) is 2. The van der Waals surface area contributed by atoms with Gasteiger partial charge in [0.25, 0.3) is 0 Å². The molecule has 32 heavy (non-hydrogen) atoms. The number of morpholine rings is 1. The number of carbonyl (C=O) groups excluding carboxylic acids is 2. The zero-order valence-electron chi connectivity index (χ0n) is 19.3. The first-order valence-corrected chi connectivity index (χ1v) is 12.9. The second kappa shape index (κ2) is 8.22. The van der Waals surface area contributed by atoms with E-state index in [1.54, 1.807) is 18.2 Å². The number of aryl methyl sites for hydroxylation is 1. The number of fused-ring (bicyclic) bond motifs is 2. The van der Waals surface area contributed by atoms with Crippen molar-refractivity contribution in [3.05, 3.63) is 29.3 Å². The first kappa shape index (κ1) is 23.4. The van der Waals surface area contributed by atoms with Crippen molar-refractivity contribution < 1.29 is 27.5 Å². The largest absolute Gasteiger partial charge is 0.491 e. The summed E-state index contributed by atoms with van der Waals surface area (Å²) in [5.74, 6) is 0.906.